The molecular weight excluding hydrogens is 508 g/mol. The molecule has 1 saturated carbocycles. The number of primary amides is 1. The molecule has 40 heavy (non-hydrogen) atoms. The second kappa shape index (κ2) is 10.2. The Balaban J connectivity index is 1.32. The number of nitrogens with zero attached hydrogens (tertiary/aromatic N) is 5. The van der Waals surface area contributed by atoms with E-state index in [1.54, 1.807) is 38.7 Å². The molecule has 11 nitrogen and oxygen atoms in total. The van der Waals surface area contributed by atoms with Gasteiger partial charge in [0.15, 0.2) is 0 Å². The number of likely N-dealkylation sites (tertiary alicyclic amines) is 1. The van der Waals surface area contributed by atoms with Gasteiger partial charge in [-0.2, -0.15) is 4.98 Å². The van der Waals surface area contributed by atoms with Gasteiger partial charge in [-0.3, -0.25) is 14.3 Å². The molecule has 0 radical (unpaired) electrons. The van der Waals surface area contributed by atoms with E-state index in [4.69, 9.17) is 15.5 Å². The summed E-state index contributed by atoms with van der Waals surface area (Å²) < 4.78 is 7.55. The van der Waals surface area contributed by atoms with Gasteiger partial charge in [0.05, 0.1) is 18.9 Å². The molecule has 1 aliphatic heterocycles. The minimum absolute atomic E-state index is 0.0333. The van der Waals surface area contributed by atoms with E-state index in [0.29, 0.717) is 53.1 Å². The number of amides is 1. The van der Waals surface area contributed by atoms with Crippen molar-refractivity contribution < 1.29 is 14.6 Å². The fourth-order valence-corrected chi connectivity index (χ4v) is 5.50. The Labute approximate surface area is 231 Å². The summed E-state index contributed by atoms with van der Waals surface area (Å²) in [5.41, 5.74) is 8.96. The van der Waals surface area contributed by atoms with Gasteiger partial charge in [0.2, 0.25) is 11.9 Å². The largest absolute Gasteiger partial charge is 0.494 e. The van der Waals surface area contributed by atoms with Crippen molar-refractivity contribution in [2.24, 2.45) is 11.1 Å². The Morgan fingerprint density at radius 2 is 2.08 bits per heavy atom. The lowest BCUT2D eigenvalue weighted by Crippen LogP contribution is -2.23. The van der Waals surface area contributed by atoms with Gasteiger partial charge in [0.1, 0.15) is 17.2 Å². The highest BCUT2D eigenvalue weighted by molar-refractivity contribution is 6.20. The molecular formula is C29H32N8O3. The summed E-state index contributed by atoms with van der Waals surface area (Å²) in [6.07, 6.45) is 8.94. The zero-order chi connectivity index (χ0) is 27.9. The molecule has 4 aromatic rings. The normalized spacial score (nSPS) is 18.3. The van der Waals surface area contributed by atoms with Gasteiger partial charge in [0, 0.05) is 79.0 Å². The summed E-state index contributed by atoms with van der Waals surface area (Å²) in [5, 5.41) is 17.8. The number of aliphatic hydroxyl groups is 1. The van der Waals surface area contributed by atoms with E-state index >= 15 is 0 Å². The van der Waals surface area contributed by atoms with Gasteiger partial charge in [-0.25, -0.2) is 9.97 Å². The fraction of sp³-hybridized carbons (Fsp3) is 0.310. The fourth-order valence-electron chi connectivity index (χ4n) is 5.50. The number of methoxy groups -OCH3 is 1. The number of aromatic nitrogens is 4. The van der Waals surface area contributed by atoms with E-state index in [9.17, 15) is 9.90 Å². The van der Waals surface area contributed by atoms with Gasteiger partial charge < -0.3 is 26.2 Å². The zero-order valence-electron chi connectivity index (χ0n) is 22.5. The number of fused-ring (bicyclic) bond motifs is 1. The third-order valence-electron chi connectivity index (χ3n) is 7.87. The number of pyridine rings is 1. The van der Waals surface area contributed by atoms with Crippen LogP contribution in [0, 0.1) is 5.41 Å². The molecule has 1 unspecified atom stereocenters. The van der Waals surface area contributed by atoms with Gasteiger partial charge >= 0.3 is 0 Å². The quantitative estimate of drug-likeness (QED) is 0.236. The first-order valence-corrected chi connectivity index (χ1v) is 13.2. The molecule has 11 heteroatoms. The van der Waals surface area contributed by atoms with Crippen LogP contribution < -0.4 is 21.1 Å². The lowest BCUT2D eigenvalue weighted by molar-refractivity contribution is -0.112. The number of β-amino-alcohol motifs (C(OH)–C–C–N with tert-alkyl or cyclic N) is 1. The molecule has 0 bridgehead atoms. The van der Waals surface area contributed by atoms with Crippen LogP contribution in [0.2, 0.25) is 0 Å². The second-order valence-corrected chi connectivity index (χ2v) is 10.4. The summed E-state index contributed by atoms with van der Waals surface area (Å²) in [4.78, 5) is 28.4. The van der Waals surface area contributed by atoms with Crippen LogP contribution in [0.4, 0.5) is 17.3 Å². The summed E-state index contributed by atoms with van der Waals surface area (Å²) in [6, 6.07) is 11.3. The number of nitrogens with one attached hydrogen (secondary N) is 2. The molecule has 1 spiro atoms. The lowest BCUT2D eigenvalue weighted by Gasteiger charge is -2.18. The van der Waals surface area contributed by atoms with Crippen molar-refractivity contribution in [3.05, 3.63) is 66.6 Å². The summed E-state index contributed by atoms with van der Waals surface area (Å²) in [6.45, 7) is 1.93. The van der Waals surface area contributed by atoms with Crippen molar-refractivity contribution in [1.82, 2.24) is 24.4 Å². The molecule has 1 aromatic carbocycles. The van der Waals surface area contributed by atoms with Crippen LogP contribution in [0.25, 0.3) is 22.4 Å². The van der Waals surface area contributed by atoms with Gasteiger partial charge in [0.25, 0.3) is 0 Å². The number of carbonyl (C=O) groups is 1. The molecule has 206 valence electrons. The van der Waals surface area contributed by atoms with Crippen LogP contribution in [-0.2, 0) is 4.79 Å². The molecule has 2 fully saturated rings. The van der Waals surface area contributed by atoms with Crippen molar-refractivity contribution in [3.8, 4) is 11.6 Å². The third-order valence-corrected chi connectivity index (χ3v) is 7.87. The first kappa shape index (κ1) is 25.8. The number of nitrogens with two attached hydrogens (primary N) is 1. The SMILES string of the molecule is CNc1cc(OC)c(Nc2nccc(-n3ccc4cccnc43)n2)cc1C(=CCN1CC(O)C2(CC2)C1)C(N)=O. The molecule has 1 saturated heterocycles. The van der Waals surface area contributed by atoms with E-state index in [1.165, 1.54) is 0 Å². The van der Waals surface area contributed by atoms with Crippen molar-refractivity contribution in [2.45, 2.75) is 18.9 Å². The van der Waals surface area contributed by atoms with E-state index in [1.807, 2.05) is 41.1 Å². The molecule has 3 aromatic heterocycles. The number of rotatable bonds is 9. The van der Waals surface area contributed by atoms with Crippen molar-refractivity contribution >= 4 is 39.8 Å². The highest BCUT2D eigenvalue weighted by Crippen LogP contribution is 2.52. The Kier molecular flexibility index (Phi) is 6.60. The highest BCUT2D eigenvalue weighted by atomic mass is 16.5. The highest BCUT2D eigenvalue weighted by Gasteiger charge is 2.54. The van der Waals surface area contributed by atoms with Crippen molar-refractivity contribution in [2.75, 3.05) is 44.4 Å². The maximum absolute atomic E-state index is 12.7. The number of hydrogen-bond acceptors (Lipinski definition) is 9. The Bertz CT molecular complexity index is 1610. The number of anilines is 3. The predicted molar refractivity (Wildman–Crippen MR) is 154 cm³/mol. The van der Waals surface area contributed by atoms with Crippen LogP contribution in [-0.4, -0.2) is 75.3 Å². The maximum Gasteiger partial charge on any atom is 0.249 e. The van der Waals surface area contributed by atoms with E-state index < -0.39 is 5.91 Å². The Morgan fingerprint density at radius 3 is 2.80 bits per heavy atom. The molecule has 1 atom stereocenters. The predicted octanol–water partition coefficient (Wildman–Crippen LogP) is 2.93. The van der Waals surface area contributed by atoms with Crippen molar-refractivity contribution in [1.29, 1.82) is 0 Å². The molecule has 1 aliphatic carbocycles. The smallest absolute Gasteiger partial charge is 0.249 e. The first-order chi connectivity index (χ1) is 19.4. The second-order valence-electron chi connectivity index (χ2n) is 10.4. The summed E-state index contributed by atoms with van der Waals surface area (Å²) >= 11 is 0. The van der Waals surface area contributed by atoms with Crippen LogP contribution in [0.15, 0.2) is 61.1 Å². The van der Waals surface area contributed by atoms with Gasteiger partial charge in [-0.05, 0) is 43.2 Å². The molecule has 1 amide bonds. The summed E-state index contributed by atoms with van der Waals surface area (Å²) in [7, 11) is 3.35. The average molecular weight is 541 g/mol. The number of carbonyl (C=O) groups excluding carboxylic acids is 1. The van der Waals surface area contributed by atoms with E-state index in [0.717, 1.165) is 30.4 Å². The summed E-state index contributed by atoms with van der Waals surface area (Å²) in [5.74, 6) is 0.995. The molecule has 6 rings (SSSR count). The van der Waals surface area contributed by atoms with Crippen LogP contribution in [0.3, 0.4) is 0 Å². The topological polar surface area (TPSA) is 143 Å². The van der Waals surface area contributed by atoms with Crippen LogP contribution >= 0.6 is 0 Å². The Morgan fingerprint density at radius 1 is 1.23 bits per heavy atom. The maximum atomic E-state index is 12.7. The van der Waals surface area contributed by atoms with Gasteiger partial charge in [-0.1, -0.05) is 6.08 Å². The minimum Gasteiger partial charge on any atom is -0.494 e. The van der Waals surface area contributed by atoms with Crippen molar-refractivity contribution in [3.63, 3.8) is 0 Å². The number of ether oxygens (including phenoxy) is 1. The number of hydrogen-bond donors (Lipinski definition) is 4. The van der Waals surface area contributed by atoms with Crippen LogP contribution in [0.1, 0.15) is 18.4 Å². The first-order valence-electron chi connectivity index (χ1n) is 13.2. The average Bonchev–Trinajstić information content (AvgIpc) is 3.50. The zero-order valence-corrected chi connectivity index (χ0v) is 22.5. The van der Waals surface area contributed by atoms with Crippen LogP contribution in [0.5, 0.6) is 5.75 Å². The molecule has 5 N–H and O–H groups in total. The molecule has 4 heterocycles. The number of benzene rings is 1. The van der Waals surface area contributed by atoms with E-state index in [2.05, 4.69) is 25.5 Å². The van der Waals surface area contributed by atoms with E-state index in [-0.39, 0.29) is 11.5 Å². The minimum atomic E-state index is -0.543. The Hall–Kier alpha value is -4.48. The number of aliphatic hydroxyl groups excluding tert-OH is 1. The molecule has 2 aliphatic rings. The standard InChI is InChI=1S/C29H32N8O3/c1-31-21-15-23(40-2)22(14-20(21)19(26(30)39)7-12-36-16-24(38)29(17-36)8-9-29)34-28-33-11-5-25(35-28)37-13-6-18-4-3-10-32-27(18)37/h3-7,10-11,13-15,24,31,38H,8-9,12,16-17H2,1-2H3,(H2,30,39)(H,33,34,35). The monoisotopic (exact) mass is 540 g/mol. The lowest BCUT2D eigenvalue weighted by atomic mass is 10.0. The van der Waals surface area contributed by atoms with Gasteiger partial charge in [-0.15, -0.1) is 0 Å². The third kappa shape index (κ3) is 4.74.